The Hall–Kier alpha value is -4.13. The lowest BCUT2D eigenvalue weighted by molar-refractivity contribution is -0.142. The van der Waals surface area contributed by atoms with Gasteiger partial charge in [-0.15, -0.1) is 0 Å². The molecule has 196 valence electrons. The Bertz CT molecular complexity index is 1110. The van der Waals surface area contributed by atoms with Gasteiger partial charge in [0.2, 0.25) is 17.7 Å². The lowest BCUT2D eigenvalue weighted by Crippen LogP contribution is -2.55. The van der Waals surface area contributed by atoms with Gasteiger partial charge >= 0.3 is 5.97 Å². The van der Waals surface area contributed by atoms with Crippen molar-refractivity contribution in [2.24, 2.45) is 22.2 Å². The van der Waals surface area contributed by atoms with Crippen molar-refractivity contribution in [3.8, 4) is 0 Å². The van der Waals surface area contributed by atoms with Crippen LogP contribution in [0.15, 0.2) is 35.5 Å². The smallest absolute Gasteiger partial charge is 0.326 e. The van der Waals surface area contributed by atoms with Crippen LogP contribution in [0.5, 0.6) is 0 Å². The van der Waals surface area contributed by atoms with Crippen LogP contribution in [0.3, 0.4) is 0 Å². The van der Waals surface area contributed by atoms with Crippen LogP contribution < -0.4 is 33.2 Å². The number of rotatable bonds is 13. The Labute approximate surface area is 208 Å². The summed E-state index contributed by atoms with van der Waals surface area (Å²) < 4.78 is 0. The third-order valence-corrected chi connectivity index (χ3v) is 5.52. The highest BCUT2D eigenvalue weighted by Crippen LogP contribution is 2.19. The van der Waals surface area contributed by atoms with Crippen molar-refractivity contribution < 1.29 is 24.3 Å². The maximum absolute atomic E-state index is 12.6. The van der Waals surface area contributed by atoms with Crippen LogP contribution in [-0.4, -0.2) is 70.5 Å². The molecule has 4 unspecified atom stereocenters. The number of nitrogens with one attached hydrogen (secondary N) is 4. The number of carboxylic acid groups (broad SMARTS) is 1. The number of benzene rings is 1. The number of aromatic nitrogens is 1. The van der Waals surface area contributed by atoms with Crippen LogP contribution in [0, 0.1) is 0 Å². The van der Waals surface area contributed by atoms with E-state index in [0.29, 0.717) is 19.4 Å². The summed E-state index contributed by atoms with van der Waals surface area (Å²) in [7, 11) is 0. The standard InChI is InChI=1S/C23H34N8O5/c1-12(30-21(34)16(24)7-5-9-27-23(25)26)19(32)29-13(2)20(33)31-18(22(35)36)10-14-11-28-17-8-4-3-6-15(14)17/h3-4,6,8,11-13,16,18,28H,5,7,9-10,24H2,1-2H3,(H,29,32)(H,30,34)(H,31,33)(H,35,36)(H4,25,26,27). The van der Waals surface area contributed by atoms with Crippen molar-refractivity contribution in [3.63, 3.8) is 0 Å². The zero-order valence-corrected chi connectivity index (χ0v) is 20.3. The Morgan fingerprint density at radius 3 is 2.25 bits per heavy atom. The molecule has 2 rings (SSSR count). The van der Waals surface area contributed by atoms with Crippen molar-refractivity contribution >= 4 is 40.6 Å². The number of carbonyl (C=O) groups excluding carboxylic acids is 3. The van der Waals surface area contributed by atoms with Crippen molar-refractivity contribution in [3.05, 3.63) is 36.0 Å². The molecule has 11 N–H and O–H groups in total. The summed E-state index contributed by atoms with van der Waals surface area (Å²) in [6.07, 6.45) is 2.55. The van der Waals surface area contributed by atoms with E-state index < -0.39 is 47.9 Å². The van der Waals surface area contributed by atoms with Crippen molar-refractivity contribution in [2.75, 3.05) is 6.54 Å². The fourth-order valence-electron chi connectivity index (χ4n) is 3.46. The normalized spacial score (nSPS) is 14.2. The average Bonchev–Trinajstić information content (AvgIpc) is 3.23. The van der Waals surface area contributed by atoms with Gasteiger partial charge < -0.3 is 43.2 Å². The van der Waals surface area contributed by atoms with Gasteiger partial charge in [0.15, 0.2) is 5.96 Å². The lowest BCUT2D eigenvalue weighted by Gasteiger charge is -2.21. The second-order valence-corrected chi connectivity index (χ2v) is 8.48. The van der Waals surface area contributed by atoms with E-state index >= 15 is 0 Å². The number of para-hydroxylation sites is 1. The van der Waals surface area contributed by atoms with Gasteiger partial charge in [-0.1, -0.05) is 18.2 Å². The monoisotopic (exact) mass is 502 g/mol. The molecule has 0 aliphatic heterocycles. The summed E-state index contributed by atoms with van der Waals surface area (Å²) >= 11 is 0. The molecular formula is C23H34N8O5. The predicted molar refractivity (Wildman–Crippen MR) is 135 cm³/mol. The Kier molecular flexibility index (Phi) is 10.2. The molecule has 0 aliphatic carbocycles. The number of hydrogen-bond donors (Lipinski definition) is 8. The van der Waals surface area contributed by atoms with E-state index in [0.717, 1.165) is 16.5 Å². The number of aliphatic imine (C=N–C) groups is 1. The number of nitrogens with zero attached hydrogens (tertiary/aromatic N) is 1. The molecule has 0 spiro atoms. The topological polar surface area (TPSA) is 231 Å². The first-order valence-corrected chi connectivity index (χ1v) is 11.5. The fraction of sp³-hybridized carbons (Fsp3) is 0.435. The van der Waals surface area contributed by atoms with Gasteiger partial charge in [0.1, 0.15) is 18.1 Å². The maximum atomic E-state index is 12.6. The largest absolute Gasteiger partial charge is 0.480 e. The number of amides is 3. The van der Waals surface area contributed by atoms with Gasteiger partial charge in [-0.2, -0.15) is 0 Å². The van der Waals surface area contributed by atoms with Crippen LogP contribution in [-0.2, 0) is 25.6 Å². The molecular weight excluding hydrogens is 468 g/mol. The summed E-state index contributed by atoms with van der Waals surface area (Å²) in [5.41, 5.74) is 17.9. The minimum absolute atomic E-state index is 0.0517. The number of nitrogens with two attached hydrogens (primary N) is 3. The summed E-state index contributed by atoms with van der Waals surface area (Å²) in [6, 6.07) is 3.33. The first-order valence-electron chi connectivity index (χ1n) is 11.5. The highest BCUT2D eigenvalue weighted by molar-refractivity contribution is 5.94. The number of aliphatic carboxylic acids is 1. The molecule has 0 saturated carbocycles. The second-order valence-electron chi connectivity index (χ2n) is 8.48. The van der Waals surface area contributed by atoms with Crippen molar-refractivity contribution in [1.82, 2.24) is 20.9 Å². The molecule has 2 aromatic rings. The Morgan fingerprint density at radius 1 is 1.00 bits per heavy atom. The lowest BCUT2D eigenvalue weighted by atomic mass is 10.0. The van der Waals surface area contributed by atoms with Crippen LogP contribution in [0.2, 0.25) is 0 Å². The van der Waals surface area contributed by atoms with E-state index in [4.69, 9.17) is 17.2 Å². The summed E-state index contributed by atoms with van der Waals surface area (Å²) in [5, 5.41) is 17.9. The second kappa shape index (κ2) is 13.1. The van der Waals surface area contributed by atoms with E-state index in [9.17, 15) is 24.3 Å². The van der Waals surface area contributed by atoms with Gasteiger partial charge in [0, 0.05) is 30.1 Å². The Morgan fingerprint density at radius 2 is 1.61 bits per heavy atom. The van der Waals surface area contributed by atoms with E-state index in [2.05, 4.69) is 25.9 Å². The quantitative estimate of drug-likeness (QED) is 0.0926. The molecule has 0 bridgehead atoms. The van der Waals surface area contributed by atoms with Gasteiger partial charge in [0.05, 0.1) is 6.04 Å². The zero-order chi connectivity index (χ0) is 26.8. The maximum Gasteiger partial charge on any atom is 0.326 e. The van der Waals surface area contributed by atoms with Crippen LogP contribution in [0.4, 0.5) is 0 Å². The van der Waals surface area contributed by atoms with Gasteiger partial charge in [-0.05, 0) is 38.3 Å². The van der Waals surface area contributed by atoms with Crippen LogP contribution in [0.1, 0.15) is 32.3 Å². The third kappa shape index (κ3) is 8.27. The first-order chi connectivity index (χ1) is 17.0. The molecule has 13 heteroatoms. The van der Waals surface area contributed by atoms with E-state index in [1.807, 2.05) is 24.3 Å². The summed E-state index contributed by atoms with van der Waals surface area (Å²) in [4.78, 5) is 55.9. The molecule has 0 fully saturated rings. The fourth-order valence-corrected chi connectivity index (χ4v) is 3.46. The molecule has 1 heterocycles. The van der Waals surface area contributed by atoms with E-state index in [-0.39, 0.29) is 12.4 Å². The summed E-state index contributed by atoms with van der Waals surface area (Å²) in [6.45, 7) is 3.19. The molecule has 0 aliphatic rings. The predicted octanol–water partition coefficient (Wildman–Crippen LogP) is -1.33. The molecule has 1 aromatic carbocycles. The summed E-state index contributed by atoms with van der Waals surface area (Å²) in [5.74, 6) is -3.09. The first kappa shape index (κ1) is 28.1. The molecule has 13 nitrogen and oxygen atoms in total. The van der Waals surface area contributed by atoms with Crippen molar-refractivity contribution in [2.45, 2.75) is 57.3 Å². The van der Waals surface area contributed by atoms with Crippen LogP contribution >= 0.6 is 0 Å². The third-order valence-electron chi connectivity index (χ3n) is 5.52. The number of hydrogen-bond acceptors (Lipinski definition) is 6. The molecule has 4 atom stereocenters. The molecule has 3 amide bonds. The van der Waals surface area contributed by atoms with E-state index in [1.165, 1.54) is 13.8 Å². The van der Waals surface area contributed by atoms with Crippen molar-refractivity contribution in [1.29, 1.82) is 0 Å². The number of fused-ring (bicyclic) bond motifs is 1. The number of carbonyl (C=O) groups is 4. The molecule has 36 heavy (non-hydrogen) atoms. The Balaban J connectivity index is 1.86. The number of aromatic amines is 1. The highest BCUT2D eigenvalue weighted by Gasteiger charge is 2.27. The average molecular weight is 503 g/mol. The zero-order valence-electron chi connectivity index (χ0n) is 20.3. The van der Waals surface area contributed by atoms with Crippen LogP contribution in [0.25, 0.3) is 10.9 Å². The minimum atomic E-state index is -1.21. The number of guanidine groups is 1. The molecule has 1 aromatic heterocycles. The van der Waals surface area contributed by atoms with Gasteiger partial charge in [-0.25, -0.2) is 4.79 Å². The highest BCUT2D eigenvalue weighted by atomic mass is 16.4. The molecule has 0 radical (unpaired) electrons. The minimum Gasteiger partial charge on any atom is -0.480 e. The molecule has 0 saturated heterocycles. The van der Waals surface area contributed by atoms with Gasteiger partial charge in [-0.3, -0.25) is 19.4 Å². The number of carboxylic acids is 1. The SMILES string of the molecule is CC(NC(=O)C(N)CCCN=C(N)N)C(=O)NC(C)C(=O)NC(Cc1c[nH]c2ccccc12)C(=O)O. The van der Waals surface area contributed by atoms with E-state index in [1.54, 1.807) is 6.20 Å². The van der Waals surface area contributed by atoms with Gasteiger partial charge in [0.25, 0.3) is 0 Å². The number of H-pyrrole nitrogens is 1.